The first-order chi connectivity index (χ1) is 13.5. The molecular weight excluding hydrogens is 399 g/mol. The lowest BCUT2D eigenvalue weighted by molar-refractivity contribution is -0.130. The quantitative estimate of drug-likeness (QED) is 0.720. The van der Waals surface area contributed by atoms with Crippen LogP contribution < -0.4 is 5.32 Å². The van der Waals surface area contributed by atoms with Gasteiger partial charge in [-0.15, -0.1) is 0 Å². The number of benzene rings is 1. The summed E-state index contributed by atoms with van der Waals surface area (Å²) in [5.41, 5.74) is -0.340. The Bertz CT molecular complexity index is 965. The number of carbonyl (C=O) groups excluding carboxylic acids is 2. The second-order valence-corrected chi connectivity index (χ2v) is 7.50. The number of aromatic nitrogens is 2. The summed E-state index contributed by atoms with van der Waals surface area (Å²) < 4.78 is 19.7. The SMILES string of the molecule is Cc1nn(-c2ccc(F)cc2)c(Cl)c1C(=O)O[C@H](C)C(=O)N[C@](C)(C#N)C(C)C. The number of nitriles is 1. The van der Waals surface area contributed by atoms with Crippen LogP contribution in [0, 0.1) is 30.0 Å². The molecule has 0 aliphatic carbocycles. The zero-order valence-electron chi connectivity index (χ0n) is 16.8. The molecule has 154 valence electrons. The number of nitrogens with one attached hydrogen (secondary N) is 1. The van der Waals surface area contributed by atoms with Gasteiger partial charge >= 0.3 is 5.97 Å². The first kappa shape index (κ1) is 22.4. The largest absolute Gasteiger partial charge is 0.449 e. The van der Waals surface area contributed by atoms with E-state index in [1.165, 1.54) is 35.9 Å². The van der Waals surface area contributed by atoms with E-state index in [4.69, 9.17) is 16.3 Å². The molecule has 1 amide bonds. The Hall–Kier alpha value is -2.92. The lowest BCUT2D eigenvalue weighted by atomic mass is 9.90. The van der Waals surface area contributed by atoms with Crippen LogP contribution in [-0.2, 0) is 9.53 Å². The van der Waals surface area contributed by atoms with Gasteiger partial charge in [-0.25, -0.2) is 13.9 Å². The van der Waals surface area contributed by atoms with Gasteiger partial charge in [0.1, 0.15) is 22.1 Å². The van der Waals surface area contributed by atoms with E-state index in [9.17, 15) is 19.2 Å². The van der Waals surface area contributed by atoms with Crippen molar-refractivity contribution in [1.29, 1.82) is 5.26 Å². The predicted octanol–water partition coefficient (Wildman–Crippen LogP) is 3.57. The number of carbonyl (C=O) groups is 2. The molecule has 0 aliphatic rings. The maximum Gasteiger partial charge on any atom is 0.344 e. The number of halogens is 2. The van der Waals surface area contributed by atoms with E-state index in [1.807, 2.05) is 0 Å². The Morgan fingerprint density at radius 2 is 1.90 bits per heavy atom. The molecule has 0 radical (unpaired) electrons. The van der Waals surface area contributed by atoms with E-state index in [1.54, 1.807) is 27.7 Å². The van der Waals surface area contributed by atoms with Crippen LogP contribution in [0.4, 0.5) is 4.39 Å². The zero-order chi connectivity index (χ0) is 21.9. The van der Waals surface area contributed by atoms with Crippen molar-refractivity contribution in [3.63, 3.8) is 0 Å². The van der Waals surface area contributed by atoms with E-state index < -0.39 is 29.3 Å². The molecule has 0 spiro atoms. The van der Waals surface area contributed by atoms with Gasteiger partial charge in [-0.3, -0.25) is 4.79 Å². The third-order valence-corrected chi connectivity index (χ3v) is 5.05. The van der Waals surface area contributed by atoms with Crippen molar-refractivity contribution >= 4 is 23.5 Å². The molecule has 29 heavy (non-hydrogen) atoms. The minimum atomic E-state index is -1.15. The summed E-state index contributed by atoms with van der Waals surface area (Å²) in [7, 11) is 0. The van der Waals surface area contributed by atoms with E-state index in [2.05, 4.69) is 16.5 Å². The molecule has 0 unspecified atom stereocenters. The third kappa shape index (κ3) is 4.74. The van der Waals surface area contributed by atoms with Crippen LogP contribution in [0.1, 0.15) is 43.7 Å². The summed E-state index contributed by atoms with van der Waals surface area (Å²) in [6.07, 6.45) is -1.15. The van der Waals surface area contributed by atoms with Crippen LogP contribution >= 0.6 is 11.6 Å². The molecule has 0 fully saturated rings. The number of esters is 1. The first-order valence-electron chi connectivity index (χ1n) is 8.95. The van der Waals surface area contributed by atoms with Gasteiger partial charge < -0.3 is 10.1 Å². The molecular formula is C20H22ClFN4O3. The van der Waals surface area contributed by atoms with Crippen molar-refractivity contribution in [3.05, 3.63) is 46.5 Å². The lowest BCUT2D eigenvalue weighted by Crippen LogP contribution is -2.52. The van der Waals surface area contributed by atoms with Gasteiger partial charge in [-0.1, -0.05) is 25.4 Å². The Morgan fingerprint density at radius 3 is 2.41 bits per heavy atom. The van der Waals surface area contributed by atoms with Crippen molar-refractivity contribution in [2.24, 2.45) is 5.92 Å². The molecule has 0 saturated heterocycles. The second kappa shape index (κ2) is 8.62. The Morgan fingerprint density at radius 1 is 1.31 bits per heavy atom. The van der Waals surface area contributed by atoms with E-state index in [-0.39, 0.29) is 16.6 Å². The highest BCUT2D eigenvalue weighted by Crippen LogP contribution is 2.25. The summed E-state index contributed by atoms with van der Waals surface area (Å²) in [6, 6.07) is 7.48. The fourth-order valence-corrected chi connectivity index (χ4v) is 2.77. The standard InChI is InChI=1S/C20H22ClFN4O3/c1-11(2)20(5,10-23)24-18(27)13(4)29-19(28)16-12(3)25-26(17(16)21)15-8-6-14(22)7-9-15/h6-9,11,13H,1-5H3,(H,24,27)/t13-,20-/m1/s1. The summed E-state index contributed by atoms with van der Waals surface area (Å²) in [4.78, 5) is 25.0. The van der Waals surface area contributed by atoms with Crippen molar-refractivity contribution in [2.75, 3.05) is 0 Å². The molecule has 2 atom stereocenters. The maximum absolute atomic E-state index is 13.1. The number of nitrogens with zero attached hydrogens (tertiary/aromatic N) is 3. The third-order valence-electron chi connectivity index (χ3n) is 4.70. The van der Waals surface area contributed by atoms with Crippen LogP contribution in [0.3, 0.4) is 0 Å². The molecule has 9 heteroatoms. The Balaban J connectivity index is 2.20. The maximum atomic E-state index is 13.1. The summed E-state index contributed by atoms with van der Waals surface area (Å²) >= 11 is 6.29. The number of amides is 1. The molecule has 1 aromatic heterocycles. The molecule has 0 saturated carbocycles. The lowest BCUT2D eigenvalue weighted by Gasteiger charge is -2.28. The molecule has 1 aromatic carbocycles. The van der Waals surface area contributed by atoms with Crippen LogP contribution in [0.2, 0.25) is 5.15 Å². The minimum absolute atomic E-state index is 0.00236. The Kier molecular flexibility index (Phi) is 6.65. The summed E-state index contributed by atoms with van der Waals surface area (Å²) in [5.74, 6) is -1.99. The average Bonchev–Trinajstić information content (AvgIpc) is 2.96. The fraction of sp³-hybridized carbons (Fsp3) is 0.400. The summed E-state index contributed by atoms with van der Waals surface area (Å²) in [6.45, 7) is 8.16. The monoisotopic (exact) mass is 420 g/mol. The molecule has 0 aliphatic heterocycles. The molecule has 0 bridgehead atoms. The number of hydrogen-bond acceptors (Lipinski definition) is 5. The van der Waals surface area contributed by atoms with Crippen molar-refractivity contribution in [1.82, 2.24) is 15.1 Å². The van der Waals surface area contributed by atoms with Gasteiger partial charge in [-0.05, 0) is 51.0 Å². The number of aryl methyl sites for hydroxylation is 1. The molecule has 2 aromatic rings. The van der Waals surface area contributed by atoms with Gasteiger partial charge in [0.25, 0.3) is 5.91 Å². The normalized spacial score (nSPS) is 14.0. The predicted molar refractivity (Wildman–Crippen MR) is 105 cm³/mol. The van der Waals surface area contributed by atoms with Gasteiger partial charge in [0.05, 0.1) is 17.5 Å². The second-order valence-electron chi connectivity index (χ2n) is 7.15. The average molecular weight is 421 g/mol. The van der Waals surface area contributed by atoms with Crippen LogP contribution in [0.5, 0.6) is 0 Å². The van der Waals surface area contributed by atoms with Gasteiger partial charge in [0, 0.05) is 0 Å². The van der Waals surface area contributed by atoms with E-state index in [0.717, 1.165) is 0 Å². The highest BCUT2D eigenvalue weighted by Gasteiger charge is 2.33. The van der Waals surface area contributed by atoms with Crippen LogP contribution in [0.15, 0.2) is 24.3 Å². The fourth-order valence-electron chi connectivity index (χ4n) is 2.42. The van der Waals surface area contributed by atoms with Crippen molar-refractivity contribution < 1.29 is 18.7 Å². The minimum Gasteiger partial charge on any atom is -0.449 e. The number of rotatable bonds is 6. The van der Waals surface area contributed by atoms with Gasteiger partial charge in [0.2, 0.25) is 0 Å². The highest BCUT2D eigenvalue weighted by atomic mass is 35.5. The smallest absolute Gasteiger partial charge is 0.344 e. The highest BCUT2D eigenvalue weighted by molar-refractivity contribution is 6.33. The molecule has 1 N–H and O–H groups in total. The summed E-state index contributed by atoms with van der Waals surface area (Å²) in [5, 5.41) is 16.1. The Labute approximate surface area is 173 Å². The van der Waals surface area contributed by atoms with Gasteiger partial charge in [-0.2, -0.15) is 10.4 Å². The first-order valence-corrected chi connectivity index (χ1v) is 9.33. The number of hydrogen-bond donors (Lipinski definition) is 1. The van der Waals surface area contributed by atoms with E-state index in [0.29, 0.717) is 11.4 Å². The zero-order valence-corrected chi connectivity index (χ0v) is 17.5. The number of ether oxygens (including phenoxy) is 1. The van der Waals surface area contributed by atoms with Crippen molar-refractivity contribution in [2.45, 2.75) is 46.3 Å². The molecule has 7 nitrogen and oxygen atoms in total. The molecule has 2 rings (SSSR count). The topological polar surface area (TPSA) is 97.0 Å². The molecule has 1 heterocycles. The van der Waals surface area contributed by atoms with Crippen LogP contribution in [0.25, 0.3) is 5.69 Å². The van der Waals surface area contributed by atoms with Crippen molar-refractivity contribution in [3.8, 4) is 11.8 Å². The van der Waals surface area contributed by atoms with Gasteiger partial charge in [0.15, 0.2) is 6.10 Å². The van der Waals surface area contributed by atoms with E-state index >= 15 is 0 Å². The van der Waals surface area contributed by atoms with Crippen LogP contribution in [-0.4, -0.2) is 33.3 Å².